The number of thioether (sulfide) groups is 1. The molecule has 0 radical (unpaired) electrons. The summed E-state index contributed by atoms with van der Waals surface area (Å²) < 4.78 is 0. The minimum atomic E-state index is -0.0316. The molecule has 0 atom stereocenters. The van der Waals surface area contributed by atoms with Crippen LogP contribution in [0.4, 0.5) is 5.00 Å². The number of hydrogen-bond donors (Lipinski definition) is 1. The summed E-state index contributed by atoms with van der Waals surface area (Å²) in [6.07, 6.45) is 1.27. The normalized spacial score (nSPS) is 13.4. The van der Waals surface area contributed by atoms with Crippen molar-refractivity contribution in [1.29, 1.82) is 5.26 Å². The number of nitrogens with zero attached hydrogens (tertiary/aromatic N) is 2. The van der Waals surface area contributed by atoms with Gasteiger partial charge in [0.05, 0.1) is 5.56 Å². The van der Waals surface area contributed by atoms with Gasteiger partial charge in [-0.2, -0.15) is 5.26 Å². The van der Waals surface area contributed by atoms with Crippen LogP contribution < -0.4 is 5.32 Å². The highest BCUT2D eigenvalue weighted by Crippen LogP contribution is 2.37. The van der Waals surface area contributed by atoms with E-state index >= 15 is 0 Å². The van der Waals surface area contributed by atoms with E-state index in [1.807, 2.05) is 6.07 Å². The Morgan fingerprint density at radius 3 is 2.71 bits per heavy atom. The predicted octanol–water partition coefficient (Wildman–Crippen LogP) is 5.61. The van der Waals surface area contributed by atoms with Gasteiger partial charge in [0.25, 0.3) is 0 Å². The zero-order valence-electron chi connectivity index (χ0n) is 17.6. The molecule has 1 amide bonds. The van der Waals surface area contributed by atoms with E-state index in [9.17, 15) is 10.1 Å². The lowest BCUT2D eigenvalue weighted by atomic mass is 10.0. The molecule has 1 aromatic heterocycles. The number of hydrogen-bond acceptors (Lipinski definition) is 5. The Kier molecular flexibility index (Phi) is 7.08. The van der Waals surface area contributed by atoms with Crippen molar-refractivity contribution < 1.29 is 4.79 Å². The van der Waals surface area contributed by atoms with Crippen molar-refractivity contribution in [3.8, 4) is 6.07 Å². The second-order valence-corrected chi connectivity index (χ2v) is 10.00. The van der Waals surface area contributed by atoms with Crippen LogP contribution in [0.5, 0.6) is 0 Å². The molecule has 0 spiro atoms. The molecule has 31 heavy (non-hydrogen) atoms. The average molecular weight is 448 g/mol. The van der Waals surface area contributed by atoms with Crippen LogP contribution in [0, 0.1) is 18.3 Å². The van der Waals surface area contributed by atoms with Crippen molar-refractivity contribution in [2.75, 3.05) is 17.6 Å². The number of thiophene rings is 1. The summed E-state index contributed by atoms with van der Waals surface area (Å²) in [6, 6.07) is 21.1. The lowest BCUT2D eigenvalue weighted by Gasteiger charge is -2.26. The van der Waals surface area contributed by atoms with Gasteiger partial charge in [-0.15, -0.1) is 23.1 Å². The van der Waals surface area contributed by atoms with E-state index in [0.29, 0.717) is 22.7 Å². The maximum atomic E-state index is 12.5. The summed E-state index contributed by atoms with van der Waals surface area (Å²) in [5.41, 5.74) is 4.29. The van der Waals surface area contributed by atoms with Crippen LogP contribution in [-0.2, 0) is 24.3 Å². The van der Waals surface area contributed by atoms with Crippen molar-refractivity contribution in [1.82, 2.24) is 4.90 Å². The second-order valence-electron chi connectivity index (χ2n) is 7.73. The number of fused-ring (bicyclic) bond motifs is 1. The highest BCUT2D eigenvalue weighted by molar-refractivity contribution is 7.99. The van der Waals surface area contributed by atoms with Gasteiger partial charge in [0, 0.05) is 41.6 Å². The molecule has 158 valence electrons. The molecular formula is C25H25N3OS2. The highest BCUT2D eigenvalue weighted by atomic mass is 32.2. The first kappa shape index (κ1) is 21.6. The molecular weight excluding hydrogens is 422 g/mol. The fraction of sp³-hybridized carbons (Fsp3) is 0.280. The first-order valence-corrected chi connectivity index (χ1v) is 12.2. The summed E-state index contributed by atoms with van der Waals surface area (Å²) >= 11 is 3.24. The Morgan fingerprint density at radius 2 is 1.97 bits per heavy atom. The van der Waals surface area contributed by atoms with Crippen LogP contribution in [0.1, 0.15) is 33.6 Å². The molecule has 4 nitrogen and oxygen atoms in total. The van der Waals surface area contributed by atoms with Crippen LogP contribution in [-0.4, -0.2) is 23.1 Å². The van der Waals surface area contributed by atoms with Gasteiger partial charge in [-0.3, -0.25) is 9.69 Å². The van der Waals surface area contributed by atoms with E-state index in [1.54, 1.807) is 23.1 Å². The zero-order chi connectivity index (χ0) is 21.6. The van der Waals surface area contributed by atoms with Crippen molar-refractivity contribution in [2.24, 2.45) is 0 Å². The molecule has 2 heterocycles. The molecule has 4 rings (SSSR count). The molecule has 0 fully saturated rings. The zero-order valence-corrected chi connectivity index (χ0v) is 19.2. The van der Waals surface area contributed by atoms with Gasteiger partial charge in [0.2, 0.25) is 5.91 Å². The highest BCUT2D eigenvalue weighted by Gasteiger charge is 2.25. The van der Waals surface area contributed by atoms with Crippen LogP contribution in [0.15, 0.2) is 59.5 Å². The summed E-state index contributed by atoms with van der Waals surface area (Å²) in [4.78, 5) is 17.3. The Morgan fingerprint density at radius 1 is 1.19 bits per heavy atom. The molecule has 0 aliphatic carbocycles. The minimum Gasteiger partial charge on any atom is -0.317 e. The van der Waals surface area contributed by atoms with E-state index < -0.39 is 0 Å². The standard InChI is InChI=1S/C25H25N3OS2/c1-18-7-9-20(10-8-18)30-14-12-24(29)27-25-22(15-26)21-11-13-28(17-23(21)31-25)16-19-5-3-2-4-6-19/h2-10H,11-14,16-17H2,1H3,(H,27,29). The quantitative estimate of drug-likeness (QED) is 0.479. The number of carbonyl (C=O) groups is 1. The van der Waals surface area contributed by atoms with Gasteiger partial charge in [-0.1, -0.05) is 48.0 Å². The number of aryl methyl sites for hydroxylation is 1. The third-order valence-corrected chi connectivity index (χ3v) is 7.51. The van der Waals surface area contributed by atoms with Crippen molar-refractivity contribution in [2.45, 2.75) is 37.8 Å². The molecule has 0 saturated carbocycles. The summed E-state index contributed by atoms with van der Waals surface area (Å²) in [5, 5.41) is 13.4. The van der Waals surface area contributed by atoms with E-state index in [2.05, 4.69) is 71.7 Å². The molecule has 0 bridgehead atoms. The summed E-state index contributed by atoms with van der Waals surface area (Å²) in [7, 11) is 0. The fourth-order valence-electron chi connectivity index (χ4n) is 3.72. The van der Waals surface area contributed by atoms with Gasteiger partial charge >= 0.3 is 0 Å². The molecule has 2 aromatic carbocycles. The lowest BCUT2D eigenvalue weighted by Crippen LogP contribution is -2.29. The van der Waals surface area contributed by atoms with Crippen LogP contribution in [0.25, 0.3) is 0 Å². The third kappa shape index (κ3) is 5.56. The average Bonchev–Trinajstić information content (AvgIpc) is 3.12. The maximum absolute atomic E-state index is 12.5. The van der Waals surface area contributed by atoms with Crippen LogP contribution >= 0.6 is 23.1 Å². The largest absolute Gasteiger partial charge is 0.317 e. The minimum absolute atomic E-state index is 0.0316. The first-order valence-electron chi connectivity index (χ1n) is 10.4. The maximum Gasteiger partial charge on any atom is 0.225 e. The van der Waals surface area contributed by atoms with Gasteiger partial charge in [-0.05, 0) is 36.6 Å². The van der Waals surface area contributed by atoms with Crippen LogP contribution in [0.3, 0.4) is 0 Å². The smallest absolute Gasteiger partial charge is 0.225 e. The molecule has 0 unspecified atom stereocenters. The fourth-order valence-corrected chi connectivity index (χ4v) is 5.83. The van der Waals surface area contributed by atoms with Gasteiger partial charge in [-0.25, -0.2) is 0 Å². The van der Waals surface area contributed by atoms with Crippen molar-refractivity contribution in [3.05, 3.63) is 81.7 Å². The van der Waals surface area contributed by atoms with E-state index in [0.717, 1.165) is 31.6 Å². The molecule has 1 aliphatic rings. The van der Waals surface area contributed by atoms with Crippen molar-refractivity contribution in [3.63, 3.8) is 0 Å². The van der Waals surface area contributed by atoms with E-state index in [-0.39, 0.29) is 5.91 Å². The van der Waals surface area contributed by atoms with E-state index in [4.69, 9.17) is 0 Å². The van der Waals surface area contributed by atoms with Crippen LogP contribution in [0.2, 0.25) is 0 Å². The van der Waals surface area contributed by atoms with Gasteiger partial charge in [0.1, 0.15) is 11.1 Å². The molecule has 0 saturated heterocycles. The number of rotatable bonds is 7. The molecule has 3 aromatic rings. The summed E-state index contributed by atoms with van der Waals surface area (Å²) in [6.45, 7) is 4.71. The molecule has 6 heteroatoms. The third-order valence-electron chi connectivity index (χ3n) is 5.37. The number of anilines is 1. The monoisotopic (exact) mass is 447 g/mol. The number of carbonyl (C=O) groups excluding carboxylic acids is 1. The molecule has 1 N–H and O–H groups in total. The number of nitriles is 1. The topological polar surface area (TPSA) is 56.1 Å². The number of nitrogens with one attached hydrogen (secondary N) is 1. The second kappa shape index (κ2) is 10.1. The van der Waals surface area contributed by atoms with E-state index in [1.165, 1.54) is 20.9 Å². The van der Waals surface area contributed by atoms with Gasteiger partial charge in [0.15, 0.2) is 0 Å². The predicted molar refractivity (Wildman–Crippen MR) is 128 cm³/mol. The lowest BCUT2D eigenvalue weighted by molar-refractivity contribution is -0.115. The Bertz CT molecular complexity index is 1080. The Hall–Kier alpha value is -2.59. The number of benzene rings is 2. The Balaban J connectivity index is 1.35. The molecule has 1 aliphatic heterocycles. The number of amides is 1. The van der Waals surface area contributed by atoms with Gasteiger partial charge < -0.3 is 5.32 Å². The van der Waals surface area contributed by atoms with Crippen molar-refractivity contribution >= 4 is 34.0 Å². The first-order chi connectivity index (χ1) is 15.1. The SMILES string of the molecule is Cc1ccc(SCCC(=O)Nc2sc3c(c2C#N)CCN(Cc2ccccc2)C3)cc1. The summed E-state index contributed by atoms with van der Waals surface area (Å²) in [5.74, 6) is 0.683. The Labute approximate surface area is 191 Å².